The molecule has 0 spiro atoms. The second-order valence-corrected chi connectivity index (χ2v) is 4.16. The largest absolute Gasteiger partial charge is 0.493 e. The quantitative estimate of drug-likeness (QED) is 0.822. The van der Waals surface area contributed by atoms with Gasteiger partial charge in [0.1, 0.15) is 6.54 Å². The van der Waals surface area contributed by atoms with Gasteiger partial charge >= 0.3 is 6.18 Å². The van der Waals surface area contributed by atoms with Gasteiger partial charge in [-0.25, -0.2) is 0 Å². The van der Waals surface area contributed by atoms with Crippen molar-refractivity contribution < 1.29 is 27.4 Å². The standard InChI is InChI=1S/C14H16F3NO3/c1-4-5-9-6-10(7-11(20-2)12(9)21-3)13(19)18-8-14(15,16)17/h4,6-7H,1,5,8H2,2-3H3,(H,18,19). The minimum absolute atomic E-state index is 0.0637. The molecule has 0 radical (unpaired) electrons. The third kappa shape index (κ3) is 4.70. The van der Waals surface area contributed by atoms with Crippen LogP contribution in [0.2, 0.25) is 0 Å². The SMILES string of the molecule is C=CCc1cc(C(=O)NCC(F)(F)F)cc(OC)c1OC. The van der Waals surface area contributed by atoms with Crippen LogP contribution in [-0.2, 0) is 6.42 Å². The molecule has 0 atom stereocenters. The lowest BCUT2D eigenvalue weighted by molar-refractivity contribution is -0.123. The first-order valence-corrected chi connectivity index (χ1v) is 6.03. The Kier molecular flexibility index (Phi) is 5.63. The minimum Gasteiger partial charge on any atom is -0.493 e. The number of benzene rings is 1. The average Bonchev–Trinajstić information content (AvgIpc) is 2.43. The molecule has 0 aliphatic rings. The molecule has 0 aliphatic carbocycles. The molecule has 1 aromatic rings. The molecule has 21 heavy (non-hydrogen) atoms. The zero-order valence-electron chi connectivity index (χ0n) is 11.7. The van der Waals surface area contributed by atoms with E-state index in [1.54, 1.807) is 6.08 Å². The molecule has 1 aromatic carbocycles. The summed E-state index contributed by atoms with van der Waals surface area (Å²) < 4.78 is 46.7. The molecule has 0 bridgehead atoms. The van der Waals surface area contributed by atoms with E-state index in [9.17, 15) is 18.0 Å². The van der Waals surface area contributed by atoms with Gasteiger partial charge in [-0.1, -0.05) is 6.08 Å². The van der Waals surface area contributed by atoms with Crippen molar-refractivity contribution in [3.05, 3.63) is 35.9 Å². The molecule has 116 valence electrons. The van der Waals surface area contributed by atoms with Crippen LogP contribution >= 0.6 is 0 Å². The van der Waals surface area contributed by atoms with Crippen LogP contribution < -0.4 is 14.8 Å². The van der Waals surface area contributed by atoms with E-state index in [-0.39, 0.29) is 11.3 Å². The van der Waals surface area contributed by atoms with E-state index in [0.717, 1.165) is 0 Å². The summed E-state index contributed by atoms with van der Waals surface area (Å²) >= 11 is 0. The van der Waals surface area contributed by atoms with Crippen LogP contribution in [0.4, 0.5) is 13.2 Å². The number of carbonyl (C=O) groups is 1. The molecule has 0 heterocycles. The van der Waals surface area contributed by atoms with Gasteiger partial charge in [0.25, 0.3) is 5.91 Å². The second kappa shape index (κ2) is 7.01. The van der Waals surface area contributed by atoms with E-state index >= 15 is 0 Å². The summed E-state index contributed by atoms with van der Waals surface area (Å²) in [5, 5.41) is 1.81. The molecule has 7 heteroatoms. The Balaban J connectivity index is 3.09. The Bertz CT molecular complexity index is 527. The van der Waals surface area contributed by atoms with Gasteiger partial charge in [0.05, 0.1) is 14.2 Å². The van der Waals surface area contributed by atoms with Crippen molar-refractivity contribution in [1.82, 2.24) is 5.32 Å². The highest BCUT2D eigenvalue weighted by atomic mass is 19.4. The number of methoxy groups -OCH3 is 2. The normalized spacial score (nSPS) is 10.9. The fourth-order valence-corrected chi connectivity index (χ4v) is 1.76. The predicted octanol–water partition coefficient (Wildman–Crippen LogP) is 2.72. The maximum atomic E-state index is 12.1. The summed E-state index contributed by atoms with van der Waals surface area (Å²) in [5.74, 6) is -0.141. The van der Waals surface area contributed by atoms with E-state index in [2.05, 4.69) is 6.58 Å². The number of amides is 1. The Morgan fingerprint density at radius 2 is 2.00 bits per heavy atom. The first kappa shape index (κ1) is 16.9. The van der Waals surface area contributed by atoms with Crippen LogP contribution in [0.5, 0.6) is 11.5 Å². The van der Waals surface area contributed by atoms with E-state index in [0.29, 0.717) is 17.7 Å². The summed E-state index contributed by atoms with van der Waals surface area (Å²) in [4.78, 5) is 11.8. The van der Waals surface area contributed by atoms with Gasteiger partial charge in [0.15, 0.2) is 11.5 Å². The average molecular weight is 303 g/mol. The van der Waals surface area contributed by atoms with Crippen molar-refractivity contribution in [2.45, 2.75) is 12.6 Å². The number of hydrogen-bond acceptors (Lipinski definition) is 3. The molecule has 0 saturated heterocycles. The molecule has 1 amide bonds. The van der Waals surface area contributed by atoms with E-state index in [1.807, 2.05) is 5.32 Å². The highest BCUT2D eigenvalue weighted by molar-refractivity contribution is 5.95. The Morgan fingerprint density at radius 1 is 1.33 bits per heavy atom. The van der Waals surface area contributed by atoms with Crippen LogP contribution in [0.3, 0.4) is 0 Å². The molecular weight excluding hydrogens is 287 g/mol. The van der Waals surface area contributed by atoms with E-state index in [4.69, 9.17) is 9.47 Å². The Labute approximate surface area is 120 Å². The first-order chi connectivity index (χ1) is 9.82. The van der Waals surface area contributed by atoms with Crippen molar-refractivity contribution in [3.8, 4) is 11.5 Å². The van der Waals surface area contributed by atoms with Gasteiger partial charge in [-0.3, -0.25) is 4.79 Å². The van der Waals surface area contributed by atoms with Crippen LogP contribution in [-0.4, -0.2) is 32.8 Å². The van der Waals surface area contributed by atoms with Crippen LogP contribution in [0.1, 0.15) is 15.9 Å². The molecule has 0 unspecified atom stereocenters. The third-order valence-corrected chi connectivity index (χ3v) is 2.63. The number of ether oxygens (including phenoxy) is 2. The number of rotatable bonds is 6. The molecule has 0 fully saturated rings. The summed E-state index contributed by atoms with van der Waals surface area (Å²) in [6, 6.07) is 2.78. The molecule has 1 rings (SSSR count). The van der Waals surface area contributed by atoms with Gasteiger partial charge < -0.3 is 14.8 Å². The summed E-state index contributed by atoms with van der Waals surface area (Å²) in [7, 11) is 2.82. The highest BCUT2D eigenvalue weighted by Crippen LogP contribution is 2.33. The monoisotopic (exact) mass is 303 g/mol. The van der Waals surface area contributed by atoms with Gasteiger partial charge in [0.2, 0.25) is 0 Å². The smallest absolute Gasteiger partial charge is 0.405 e. The second-order valence-electron chi connectivity index (χ2n) is 4.16. The van der Waals surface area contributed by atoms with E-state index in [1.165, 1.54) is 26.4 Å². The first-order valence-electron chi connectivity index (χ1n) is 6.03. The van der Waals surface area contributed by atoms with Crippen LogP contribution in [0.15, 0.2) is 24.8 Å². The molecule has 4 nitrogen and oxygen atoms in total. The maximum absolute atomic E-state index is 12.1. The lowest BCUT2D eigenvalue weighted by Gasteiger charge is -2.14. The summed E-state index contributed by atoms with van der Waals surface area (Å²) in [6.45, 7) is 2.19. The van der Waals surface area contributed by atoms with Gasteiger partial charge in [0, 0.05) is 11.1 Å². The van der Waals surface area contributed by atoms with Gasteiger partial charge in [-0.15, -0.1) is 6.58 Å². The van der Waals surface area contributed by atoms with Crippen molar-refractivity contribution >= 4 is 5.91 Å². The van der Waals surface area contributed by atoms with Crippen molar-refractivity contribution in [2.24, 2.45) is 0 Å². The van der Waals surface area contributed by atoms with E-state index < -0.39 is 18.6 Å². The molecular formula is C14H16F3NO3. The third-order valence-electron chi connectivity index (χ3n) is 2.63. The maximum Gasteiger partial charge on any atom is 0.405 e. The Hall–Kier alpha value is -2.18. The number of carbonyl (C=O) groups excluding carboxylic acids is 1. The van der Waals surface area contributed by atoms with Crippen molar-refractivity contribution in [3.63, 3.8) is 0 Å². The lowest BCUT2D eigenvalue weighted by atomic mass is 10.0. The van der Waals surface area contributed by atoms with Crippen molar-refractivity contribution in [2.75, 3.05) is 20.8 Å². The fourth-order valence-electron chi connectivity index (χ4n) is 1.76. The number of halogens is 3. The fraction of sp³-hybridized carbons (Fsp3) is 0.357. The molecule has 0 aromatic heterocycles. The van der Waals surface area contributed by atoms with Crippen LogP contribution in [0.25, 0.3) is 0 Å². The highest BCUT2D eigenvalue weighted by Gasteiger charge is 2.28. The number of hydrogen-bond donors (Lipinski definition) is 1. The summed E-state index contributed by atoms with van der Waals surface area (Å²) in [6.07, 6.45) is -2.48. The zero-order chi connectivity index (χ0) is 16.0. The Morgan fingerprint density at radius 3 is 2.48 bits per heavy atom. The molecule has 0 aliphatic heterocycles. The predicted molar refractivity (Wildman–Crippen MR) is 71.8 cm³/mol. The van der Waals surface area contributed by atoms with Crippen LogP contribution in [0, 0.1) is 0 Å². The summed E-state index contributed by atoms with van der Waals surface area (Å²) in [5.41, 5.74) is 0.665. The zero-order valence-corrected chi connectivity index (χ0v) is 11.7. The molecule has 0 saturated carbocycles. The number of nitrogens with one attached hydrogen (secondary N) is 1. The lowest BCUT2D eigenvalue weighted by Crippen LogP contribution is -2.33. The van der Waals surface area contributed by atoms with Gasteiger partial charge in [-0.2, -0.15) is 13.2 Å². The number of allylic oxidation sites excluding steroid dienone is 1. The minimum atomic E-state index is -4.46. The molecule has 1 N–H and O–H groups in total. The number of alkyl halides is 3. The van der Waals surface area contributed by atoms with Crippen molar-refractivity contribution in [1.29, 1.82) is 0 Å². The van der Waals surface area contributed by atoms with Gasteiger partial charge in [-0.05, 0) is 18.6 Å². The topological polar surface area (TPSA) is 47.6 Å².